The summed E-state index contributed by atoms with van der Waals surface area (Å²) in [4.78, 5) is 28.9. The molecular weight excluding hydrogens is 318 g/mol. The summed E-state index contributed by atoms with van der Waals surface area (Å²) in [7, 11) is 0. The van der Waals surface area contributed by atoms with Crippen molar-refractivity contribution < 1.29 is 14.7 Å². The summed E-state index contributed by atoms with van der Waals surface area (Å²) in [6, 6.07) is 17.7. The molecular formula is C19H19N3O3. The Kier molecular flexibility index (Phi) is 4.79. The molecule has 0 aliphatic carbocycles. The first-order chi connectivity index (χ1) is 12.1. The van der Waals surface area contributed by atoms with E-state index in [0.717, 1.165) is 16.8 Å². The third-order valence-electron chi connectivity index (χ3n) is 4.21. The van der Waals surface area contributed by atoms with Gasteiger partial charge < -0.3 is 15.7 Å². The maximum atomic E-state index is 11.9. The monoisotopic (exact) mass is 337 g/mol. The van der Waals surface area contributed by atoms with E-state index in [2.05, 4.69) is 4.99 Å². The minimum absolute atomic E-state index is 0.0559. The number of ketones is 1. The van der Waals surface area contributed by atoms with Crippen LogP contribution in [-0.4, -0.2) is 35.4 Å². The third kappa shape index (κ3) is 3.68. The van der Waals surface area contributed by atoms with Gasteiger partial charge in [-0.15, -0.1) is 0 Å². The van der Waals surface area contributed by atoms with Gasteiger partial charge in [0.15, 0.2) is 0 Å². The van der Waals surface area contributed by atoms with Crippen molar-refractivity contribution in [3.63, 3.8) is 0 Å². The van der Waals surface area contributed by atoms with Gasteiger partial charge in [-0.25, -0.2) is 9.79 Å². The van der Waals surface area contributed by atoms with Gasteiger partial charge in [0.2, 0.25) is 5.84 Å². The zero-order valence-corrected chi connectivity index (χ0v) is 13.6. The van der Waals surface area contributed by atoms with Gasteiger partial charge in [0, 0.05) is 30.6 Å². The molecule has 1 saturated heterocycles. The molecule has 2 aromatic rings. The number of hydrogen-bond acceptors (Lipinski definition) is 4. The number of carboxylic acid groups (broad SMARTS) is 1. The second kappa shape index (κ2) is 7.17. The lowest BCUT2D eigenvalue weighted by atomic mass is 9.99. The van der Waals surface area contributed by atoms with Gasteiger partial charge in [0.25, 0.3) is 0 Å². The number of para-hydroxylation sites is 1. The molecule has 0 aromatic heterocycles. The van der Waals surface area contributed by atoms with E-state index >= 15 is 0 Å². The molecule has 6 nitrogen and oxygen atoms in total. The van der Waals surface area contributed by atoms with E-state index in [1.165, 1.54) is 0 Å². The Morgan fingerprint density at radius 3 is 2.52 bits per heavy atom. The fourth-order valence-corrected chi connectivity index (χ4v) is 3.01. The number of aliphatic carboxylic acids is 1. The average Bonchev–Trinajstić information content (AvgIpc) is 2.62. The van der Waals surface area contributed by atoms with Gasteiger partial charge in [-0.05, 0) is 11.6 Å². The van der Waals surface area contributed by atoms with Crippen molar-refractivity contribution in [2.45, 2.75) is 19.0 Å². The zero-order valence-electron chi connectivity index (χ0n) is 13.6. The topological polar surface area (TPSA) is 96.0 Å². The highest BCUT2D eigenvalue weighted by atomic mass is 16.4. The largest absolute Gasteiger partial charge is 0.475 e. The first-order valence-corrected chi connectivity index (χ1v) is 8.05. The first kappa shape index (κ1) is 16.7. The van der Waals surface area contributed by atoms with Crippen LogP contribution in [0.3, 0.4) is 0 Å². The second-order valence-corrected chi connectivity index (χ2v) is 5.87. The van der Waals surface area contributed by atoms with Crippen LogP contribution in [0.1, 0.15) is 12.8 Å². The highest BCUT2D eigenvalue weighted by molar-refractivity contribution is 6.33. The average molecular weight is 337 g/mol. The summed E-state index contributed by atoms with van der Waals surface area (Å²) >= 11 is 0. The van der Waals surface area contributed by atoms with Crippen molar-refractivity contribution in [1.29, 1.82) is 0 Å². The molecule has 1 unspecified atom stereocenters. The Labute approximate surface area is 145 Å². The van der Waals surface area contributed by atoms with E-state index in [1.807, 2.05) is 59.5 Å². The number of Topliss-reactive ketones (excluding diaryl/α,β-unsaturated/α-hetero) is 1. The number of rotatable bonds is 3. The number of carboxylic acids is 1. The number of anilines is 1. The summed E-state index contributed by atoms with van der Waals surface area (Å²) in [5, 5.41) is 9.01. The molecule has 3 rings (SSSR count). The third-order valence-corrected chi connectivity index (χ3v) is 4.21. The molecule has 0 spiro atoms. The van der Waals surface area contributed by atoms with Crippen LogP contribution in [-0.2, 0) is 9.59 Å². The predicted molar refractivity (Wildman–Crippen MR) is 96.5 cm³/mol. The molecule has 1 atom stereocenters. The Morgan fingerprint density at radius 1 is 1.12 bits per heavy atom. The number of piperidine rings is 1. The van der Waals surface area contributed by atoms with Crippen LogP contribution in [0.5, 0.6) is 0 Å². The summed E-state index contributed by atoms with van der Waals surface area (Å²) in [5.41, 5.74) is 8.46. The van der Waals surface area contributed by atoms with Crippen molar-refractivity contribution in [2.24, 2.45) is 10.7 Å². The number of amidine groups is 1. The molecule has 3 N–H and O–H groups in total. The van der Waals surface area contributed by atoms with Gasteiger partial charge in [0.1, 0.15) is 11.9 Å². The first-order valence-electron chi connectivity index (χ1n) is 8.05. The van der Waals surface area contributed by atoms with Crippen molar-refractivity contribution in [3.05, 3.63) is 54.6 Å². The van der Waals surface area contributed by atoms with Crippen LogP contribution in [0.15, 0.2) is 59.6 Å². The Bertz CT molecular complexity index is 818. The Balaban J connectivity index is 2.03. The molecule has 25 heavy (non-hydrogen) atoms. The van der Waals surface area contributed by atoms with E-state index in [1.54, 1.807) is 0 Å². The summed E-state index contributed by atoms with van der Waals surface area (Å²) in [6.07, 6.45) is -0.0543. The Hall–Kier alpha value is -3.15. The van der Waals surface area contributed by atoms with Crippen LogP contribution in [0.2, 0.25) is 0 Å². The number of benzene rings is 2. The van der Waals surface area contributed by atoms with Crippen LogP contribution in [0.25, 0.3) is 11.1 Å². The maximum absolute atomic E-state index is 11.9. The molecule has 6 heteroatoms. The SMILES string of the molecule is N/C(=N\C1CC(=O)CCN1c1ccccc1-c1ccccc1)C(=O)O. The quantitative estimate of drug-likeness (QED) is 0.662. The molecule has 0 saturated carbocycles. The highest BCUT2D eigenvalue weighted by Gasteiger charge is 2.29. The molecule has 128 valence electrons. The van der Waals surface area contributed by atoms with Crippen LogP contribution >= 0.6 is 0 Å². The second-order valence-electron chi connectivity index (χ2n) is 5.87. The van der Waals surface area contributed by atoms with Crippen molar-refractivity contribution >= 4 is 23.3 Å². The highest BCUT2D eigenvalue weighted by Crippen LogP contribution is 2.34. The predicted octanol–water partition coefficient (Wildman–Crippen LogP) is 2.29. The van der Waals surface area contributed by atoms with Crippen molar-refractivity contribution in [1.82, 2.24) is 0 Å². The van der Waals surface area contributed by atoms with E-state index in [9.17, 15) is 9.59 Å². The molecule has 1 fully saturated rings. The summed E-state index contributed by atoms with van der Waals surface area (Å²) in [5.74, 6) is -1.71. The van der Waals surface area contributed by atoms with Crippen LogP contribution in [0.4, 0.5) is 5.69 Å². The van der Waals surface area contributed by atoms with E-state index in [4.69, 9.17) is 10.8 Å². The summed E-state index contributed by atoms with van der Waals surface area (Å²) in [6.45, 7) is 0.476. The van der Waals surface area contributed by atoms with Gasteiger partial charge in [-0.2, -0.15) is 0 Å². The van der Waals surface area contributed by atoms with Gasteiger partial charge >= 0.3 is 5.97 Å². The maximum Gasteiger partial charge on any atom is 0.371 e. The minimum Gasteiger partial charge on any atom is -0.475 e. The fourth-order valence-electron chi connectivity index (χ4n) is 3.01. The van der Waals surface area contributed by atoms with E-state index in [-0.39, 0.29) is 12.2 Å². The molecule has 0 bridgehead atoms. The smallest absolute Gasteiger partial charge is 0.371 e. The molecule has 1 heterocycles. The molecule has 0 radical (unpaired) electrons. The lowest BCUT2D eigenvalue weighted by Gasteiger charge is -2.35. The number of hydrogen-bond donors (Lipinski definition) is 2. The Morgan fingerprint density at radius 2 is 1.80 bits per heavy atom. The number of carbonyl (C=O) groups is 2. The molecule has 2 aromatic carbocycles. The lowest BCUT2D eigenvalue weighted by molar-refractivity contribution is -0.129. The number of aliphatic imine (C=N–C) groups is 1. The fraction of sp³-hybridized carbons (Fsp3) is 0.211. The van der Waals surface area contributed by atoms with E-state index < -0.39 is 18.0 Å². The summed E-state index contributed by atoms with van der Waals surface area (Å²) < 4.78 is 0. The van der Waals surface area contributed by atoms with Gasteiger partial charge in [0.05, 0.1) is 0 Å². The standard InChI is InChI=1S/C19H19N3O3/c20-18(19(24)25)21-17-12-14(23)10-11-22(17)16-9-5-4-8-15(16)13-6-2-1-3-7-13/h1-9,17H,10-12H2,(H2,20,21)(H,24,25). The molecule has 1 aliphatic rings. The normalized spacial score (nSPS) is 18.2. The zero-order chi connectivity index (χ0) is 17.8. The van der Waals surface area contributed by atoms with Crippen molar-refractivity contribution in [3.8, 4) is 11.1 Å². The van der Waals surface area contributed by atoms with Gasteiger partial charge in [-0.1, -0.05) is 48.5 Å². The minimum atomic E-state index is -1.28. The number of nitrogens with two attached hydrogens (primary N) is 1. The lowest BCUT2D eigenvalue weighted by Crippen LogP contribution is -2.43. The number of nitrogens with zero attached hydrogens (tertiary/aromatic N) is 2. The van der Waals surface area contributed by atoms with Gasteiger partial charge in [-0.3, -0.25) is 4.79 Å². The van der Waals surface area contributed by atoms with Crippen LogP contribution < -0.4 is 10.6 Å². The number of carbonyl (C=O) groups excluding carboxylic acids is 1. The molecule has 1 aliphatic heterocycles. The van der Waals surface area contributed by atoms with Crippen molar-refractivity contribution in [2.75, 3.05) is 11.4 Å². The van der Waals surface area contributed by atoms with E-state index in [0.29, 0.717) is 13.0 Å². The molecule has 0 amide bonds. The van der Waals surface area contributed by atoms with Crippen LogP contribution in [0, 0.1) is 0 Å².